The van der Waals surface area contributed by atoms with E-state index in [9.17, 15) is 0 Å². The number of aliphatic imine (C=N–C) groups is 1. The fraction of sp³-hybridized carbons (Fsp3) is 0.591. The van der Waals surface area contributed by atoms with Gasteiger partial charge in [0.1, 0.15) is 18.1 Å². The first-order valence-corrected chi connectivity index (χ1v) is 10.7. The summed E-state index contributed by atoms with van der Waals surface area (Å²) in [6.45, 7) is 5.04. The van der Waals surface area contributed by atoms with Gasteiger partial charge in [0, 0.05) is 32.4 Å². The molecule has 0 atom stereocenters. The van der Waals surface area contributed by atoms with Gasteiger partial charge in [-0.1, -0.05) is 12.8 Å². The van der Waals surface area contributed by atoms with Crippen molar-refractivity contribution in [2.75, 3.05) is 33.9 Å². The third-order valence-corrected chi connectivity index (χ3v) is 5.74. The molecule has 1 heterocycles. The number of nitrogens with zero attached hydrogens (tertiary/aromatic N) is 3. The van der Waals surface area contributed by atoms with Gasteiger partial charge in [-0.25, -0.2) is 9.98 Å². The SMILES string of the molecule is CCNC(=NCc1nc(-c2ccc(OC)cc2)n[nH]1)NCC1(CCOC)CCCC1. The Labute approximate surface area is 178 Å². The summed E-state index contributed by atoms with van der Waals surface area (Å²) in [5.74, 6) is 3.01. The van der Waals surface area contributed by atoms with Crippen molar-refractivity contribution in [3.8, 4) is 17.1 Å². The van der Waals surface area contributed by atoms with Crippen LogP contribution in [-0.4, -0.2) is 55.1 Å². The van der Waals surface area contributed by atoms with Gasteiger partial charge in [-0.05, 0) is 55.9 Å². The van der Waals surface area contributed by atoms with Crippen LogP contribution in [-0.2, 0) is 11.3 Å². The molecule has 1 fully saturated rings. The van der Waals surface area contributed by atoms with Crippen LogP contribution in [0.2, 0.25) is 0 Å². The molecule has 164 valence electrons. The third kappa shape index (κ3) is 5.95. The normalized spacial score (nSPS) is 15.9. The lowest BCUT2D eigenvalue weighted by Gasteiger charge is -2.29. The predicted octanol–water partition coefficient (Wildman–Crippen LogP) is 3.13. The topological polar surface area (TPSA) is 96.5 Å². The predicted molar refractivity (Wildman–Crippen MR) is 119 cm³/mol. The fourth-order valence-electron chi connectivity index (χ4n) is 3.96. The number of aromatic amines is 1. The maximum Gasteiger partial charge on any atom is 0.191 e. The quantitative estimate of drug-likeness (QED) is 0.408. The molecule has 0 spiro atoms. The highest BCUT2D eigenvalue weighted by Crippen LogP contribution is 2.40. The maximum absolute atomic E-state index is 5.34. The van der Waals surface area contributed by atoms with Crippen LogP contribution in [0.3, 0.4) is 0 Å². The first kappa shape index (κ1) is 22.1. The molecule has 0 bridgehead atoms. The molecule has 8 nitrogen and oxygen atoms in total. The Balaban J connectivity index is 1.61. The number of methoxy groups -OCH3 is 2. The number of H-pyrrole nitrogens is 1. The van der Waals surface area contributed by atoms with E-state index in [1.807, 2.05) is 24.3 Å². The van der Waals surface area contributed by atoms with E-state index in [-0.39, 0.29) is 0 Å². The first-order chi connectivity index (χ1) is 14.7. The number of benzene rings is 1. The van der Waals surface area contributed by atoms with Crippen LogP contribution in [0.15, 0.2) is 29.3 Å². The van der Waals surface area contributed by atoms with Crippen molar-refractivity contribution in [2.45, 2.75) is 45.6 Å². The highest BCUT2D eigenvalue weighted by molar-refractivity contribution is 5.79. The van der Waals surface area contributed by atoms with E-state index in [0.29, 0.717) is 17.8 Å². The number of hydrogen-bond donors (Lipinski definition) is 3. The lowest BCUT2D eigenvalue weighted by Crippen LogP contribution is -2.43. The average Bonchev–Trinajstić information content (AvgIpc) is 3.45. The van der Waals surface area contributed by atoms with Crippen LogP contribution < -0.4 is 15.4 Å². The summed E-state index contributed by atoms with van der Waals surface area (Å²) in [6.07, 6.45) is 6.17. The van der Waals surface area contributed by atoms with Crippen LogP contribution in [0.4, 0.5) is 0 Å². The molecule has 30 heavy (non-hydrogen) atoms. The minimum absolute atomic E-state index is 0.306. The standard InChI is InChI=1S/C22H34N6O2/c1-4-23-21(25-16-22(13-14-29-2)11-5-6-12-22)24-15-19-26-20(28-27-19)17-7-9-18(30-3)10-8-17/h7-10H,4-6,11-16H2,1-3H3,(H2,23,24,25)(H,26,27,28). The molecule has 0 unspecified atom stereocenters. The Bertz CT molecular complexity index is 796. The van der Waals surface area contributed by atoms with Gasteiger partial charge in [-0.3, -0.25) is 5.10 Å². The monoisotopic (exact) mass is 414 g/mol. The zero-order valence-corrected chi connectivity index (χ0v) is 18.3. The Morgan fingerprint density at radius 2 is 1.93 bits per heavy atom. The van der Waals surface area contributed by atoms with Crippen LogP contribution in [0, 0.1) is 5.41 Å². The van der Waals surface area contributed by atoms with Crippen LogP contribution in [0.1, 0.15) is 44.9 Å². The summed E-state index contributed by atoms with van der Waals surface area (Å²) in [5.41, 5.74) is 1.24. The minimum Gasteiger partial charge on any atom is -0.497 e. The second kappa shape index (κ2) is 11.0. The highest BCUT2D eigenvalue weighted by atomic mass is 16.5. The smallest absolute Gasteiger partial charge is 0.191 e. The molecule has 0 radical (unpaired) electrons. The molecule has 0 amide bonds. The summed E-state index contributed by atoms with van der Waals surface area (Å²) < 4.78 is 10.5. The number of aromatic nitrogens is 3. The average molecular weight is 415 g/mol. The van der Waals surface area contributed by atoms with Gasteiger partial charge in [-0.2, -0.15) is 5.10 Å². The van der Waals surface area contributed by atoms with Gasteiger partial charge >= 0.3 is 0 Å². The molecule has 0 saturated heterocycles. The van der Waals surface area contributed by atoms with Gasteiger partial charge in [-0.15, -0.1) is 0 Å². The van der Waals surface area contributed by atoms with Crippen molar-refractivity contribution >= 4 is 5.96 Å². The van der Waals surface area contributed by atoms with Crippen molar-refractivity contribution in [1.29, 1.82) is 0 Å². The summed E-state index contributed by atoms with van der Waals surface area (Å²) in [4.78, 5) is 9.27. The van der Waals surface area contributed by atoms with Crippen LogP contribution in [0.5, 0.6) is 5.75 Å². The van der Waals surface area contributed by atoms with Crippen molar-refractivity contribution in [2.24, 2.45) is 10.4 Å². The molecule has 0 aliphatic heterocycles. The van der Waals surface area contributed by atoms with E-state index in [0.717, 1.165) is 49.2 Å². The molecule has 8 heteroatoms. The highest BCUT2D eigenvalue weighted by Gasteiger charge is 2.33. The van der Waals surface area contributed by atoms with E-state index in [2.05, 4.69) is 32.7 Å². The van der Waals surface area contributed by atoms with Crippen molar-refractivity contribution in [3.05, 3.63) is 30.1 Å². The number of nitrogens with one attached hydrogen (secondary N) is 3. The van der Waals surface area contributed by atoms with Crippen LogP contribution >= 0.6 is 0 Å². The largest absolute Gasteiger partial charge is 0.497 e. The van der Waals surface area contributed by atoms with Crippen molar-refractivity contribution < 1.29 is 9.47 Å². The van der Waals surface area contributed by atoms with E-state index in [1.165, 1.54) is 25.7 Å². The maximum atomic E-state index is 5.34. The van der Waals surface area contributed by atoms with E-state index in [4.69, 9.17) is 14.5 Å². The van der Waals surface area contributed by atoms with E-state index < -0.39 is 0 Å². The Morgan fingerprint density at radius 3 is 2.60 bits per heavy atom. The first-order valence-electron chi connectivity index (χ1n) is 10.7. The van der Waals surface area contributed by atoms with E-state index in [1.54, 1.807) is 14.2 Å². The molecule has 2 aromatic rings. The van der Waals surface area contributed by atoms with Gasteiger partial charge in [0.15, 0.2) is 11.8 Å². The summed E-state index contributed by atoms with van der Waals surface area (Å²) >= 11 is 0. The third-order valence-electron chi connectivity index (χ3n) is 5.74. The second-order valence-corrected chi connectivity index (χ2v) is 7.83. The molecule has 1 aliphatic carbocycles. The Kier molecular flexibility index (Phi) is 8.07. The summed E-state index contributed by atoms with van der Waals surface area (Å²) in [7, 11) is 3.43. The van der Waals surface area contributed by atoms with Gasteiger partial charge in [0.25, 0.3) is 0 Å². The Hall–Kier alpha value is -2.61. The van der Waals surface area contributed by atoms with Crippen molar-refractivity contribution in [1.82, 2.24) is 25.8 Å². The number of ether oxygens (including phenoxy) is 2. The summed E-state index contributed by atoms with van der Waals surface area (Å²) in [6, 6.07) is 7.70. The number of guanidine groups is 1. The molecular formula is C22H34N6O2. The zero-order valence-electron chi connectivity index (χ0n) is 18.3. The van der Waals surface area contributed by atoms with Crippen LogP contribution in [0.25, 0.3) is 11.4 Å². The molecule has 3 rings (SSSR count). The number of rotatable bonds is 10. The molecule has 3 N–H and O–H groups in total. The van der Waals surface area contributed by atoms with Gasteiger partial charge in [0.05, 0.1) is 7.11 Å². The molecular weight excluding hydrogens is 380 g/mol. The van der Waals surface area contributed by atoms with E-state index >= 15 is 0 Å². The molecule has 1 saturated carbocycles. The van der Waals surface area contributed by atoms with Crippen molar-refractivity contribution in [3.63, 3.8) is 0 Å². The number of hydrogen-bond acceptors (Lipinski definition) is 5. The zero-order chi connectivity index (χ0) is 21.2. The lowest BCUT2D eigenvalue weighted by molar-refractivity contribution is 0.138. The lowest BCUT2D eigenvalue weighted by atomic mass is 9.83. The Morgan fingerprint density at radius 1 is 1.17 bits per heavy atom. The van der Waals surface area contributed by atoms with Gasteiger partial charge < -0.3 is 20.1 Å². The second-order valence-electron chi connectivity index (χ2n) is 7.83. The molecule has 1 aromatic heterocycles. The minimum atomic E-state index is 0.306. The fourth-order valence-corrected chi connectivity index (χ4v) is 3.96. The van der Waals surface area contributed by atoms with Gasteiger partial charge in [0.2, 0.25) is 0 Å². The molecule has 1 aromatic carbocycles. The molecule has 1 aliphatic rings. The summed E-state index contributed by atoms with van der Waals surface area (Å²) in [5, 5.41) is 14.2.